The fourth-order valence-corrected chi connectivity index (χ4v) is 1.10. The molecule has 0 unspecified atom stereocenters. The summed E-state index contributed by atoms with van der Waals surface area (Å²) < 4.78 is 5.50. The Balaban J connectivity index is 3.11. The number of aromatic nitrogens is 1. The third-order valence-electron chi connectivity index (χ3n) is 1.14. The van der Waals surface area contributed by atoms with Gasteiger partial charge in [0.2, 0.25) is 0 Å². The second kappa shape index (κ2) is 3.48. The van der Waals surface area contributed by atoms with Crippen LogP contribution in [0, 0.1) is 0 Å². The lowest BCUT2D eigenvalue weighted by Gasteiger charge is -1.99. The van der Waals surface area contributed by atoms with Crippen molar-refractivity contribution in [2.24, 2.45) is 0 Å². The van der Waals surface area contributed by atoms with Crippen LogP contribution >= 0.6 is 15.9 Å². The monoisotopic (exact) mass is 215 g/mol. The fraction of sp³-hybridized carbons (Fsp3) is 0.143. The predicted molar refractivity (Wildman–Crippen MR) is 43.9 cm³/mol. The van der Waals surface area contributed by atoms with E-state index in [0.29, 0.717) is 22.3 Å². The molecule has 0 aliphatic carbocycles. The first kappa shape index (κ1) is 8.20. The second-order valence-corrected chi connectivity index (χ2v) is 2.68. The third-order valence-corrected chi connectivity index (χ3v) is 1.55. The standard InChI is InChI=1S/C7H6BrNO2/c1-11-6-2-5(4-10)9-7(8)3-6/h2-4H,1H3. The number of hydrogen-bond acceptors (Lipinski definition) is 3. The Morgan fingerprint density at radius 3 is 2.91 bits per heavy atom. The number of halogens is 1. The number of nitrogens with zero attached hydrogens (tertiary/aromatic N) is 1. The molecule has 0 fully saturated rings. The molecule has 1 aromatic rings. The van der Waals surface area contributed by atoms with Crippen LogP contribution in [0.2, 0.25) is 0 Å². The summed E-state index contributed by atoms with van der Waals surface area (Å²) in [6.07, 6.45) is 0.674. The summed E-state index contributed by atoms with van der Waals surface area (Å²) in [7, 11) is 1.54. The van der Waals surface area contributed by atoms with Gasteiger partial charge in [0.25, 0.3) is 0 Å². The lowest BCUT2D eigenvalue weighted by molar-refractivity contribution is 0.111. The van der Waals surface area contributed by atoms with Crippen molar-refractivity contribution >= 4 is 22.2 Å². The van der Waals surface area contributed by atoms with Crippen molar-refractivity contribution in [3.8, 4) is 5.75 Å². The van der Waals surface area contributed by atoms with E-state index in [1.807, 2.05) is 0 Å². The first-order valence-electron chi connectivity index (χ1n) is 2.93. The molecule has 4 heteroatoms. The van der Waals surface area contributed by atoms with E-state index in [-0.39, 0.29) is 0 Å². The number of hydrogen-bond donors (Lipinski definition) is 0. The van der Waals surface area contributed by atoms with E-state index in [0.717, 1.165) is 0 Å². The maximum atomic E-state index is 10.3. The highest BCUT2D eigenvalue weighted by Gasteiger charge is 1.98. The molecule has 58 valence electrons. The number of aldehydes is 1. The zero-order chi connectivity index (χ0) is 8.27. The summed E-state index contributed by atoms with van der Waals surface area (Å²) in [6.45, 7) is 0. The summed E-state index contributed by atoms with van der Waals surface area (Å²) in [5.74, 6) is 0.619. The first-order chi connectivity index (χ1) is 5.26. The molecule has 1 rings (SSSR count). The minimum atomic E-state index is 0.358. The van der Waals surface area contributed by atoms with Crippen LogP contribution in [-0.4, -0.2) is 18.4 Å². The Morgan fingerprint density at radius 2 is 2.36 bits per heavy atom. The van der Waals surface area contributed by atoms with Crippen LogP contribution in [0.15, 0.2) is 16.7 Å². The molecule has 1 heterocycles. The zero-order valence-corrected chi connectivity index (χ0v) is 7.46. The maximum Gasteiger partial charge on any atom is 0.168 e. The molecule has 0 aliphatic rings. The van der Waals surface area contributed by atoms with E-state index >= 15 is 0 Å². The average molecular weight is 216 g/mol. The smallest absolute Gasteiger partial charge is 0.168 e. The van der Waals surface area contributed by atoms with Crippen molar-refractivity contribution in [2.45, 2.75) is 0 Å². The van der Waals surface area contributed by atoms with Gasteiger partial charge in [-0.15, -0.1) is 0 Å². The Bertz CT molecular complexity index is 275. The number of carbonyl (C=O) groups excluding carboxylic acids is 1. The highest BCUT2D eigenvalue weighted by atomic mass is 79.9. The summed E-state index contributed by atoms with van der Waals surface area (Å²) in [6, 6.07) is 3.25. The quantitative estimate of drug-likeness (QED) is 0.557. The molecule has 3 nitrogen and oxygen atoms in total. The molecule has 0 atom stereocenters. The number of ether oxygens (including phenoxy) is 1. The Labute approximate surface area is 72.5 Å². The van der Waals surface area contributed by atoms with Crippen LogP contribution in [0.4, 0.5) is 0 Å². The van der Waals surface area contributed by atoms with E-state index in [9.17, 15) is 4.79 Å². The summed E-state index contributed by atoms with van der Waals surface area (Å²) in [5, 5.41) is 0. The molecule has 0 radical (unpaired) electrons. The van der Waals surface area contributed by atoms with Crippen molar-refractivity contribution < 1.29 is 9.53 Å². The van der Waals surface area contributed by atoms with E-state index in [1.54, 1.807) is 12.1 Å². The summed E-state index contributed by atoms with van der Waals surface area (Å²) in [4.78, 5) is 14.2. The van der Waals surface area contributed by atoms with Crippen LogP contribution in [0.1, 0.15) is 10.5 Å². The molecule has 0 saturated carbocycles. The summed E-state index contributed by atoms with van der Waals surface area (Å²) in [5.41, 5.74) is 0.358. The molecule has 0 saturated heterocycles. The van der Waals surface area contributed by atoms with E-state index < -0.39 is 0 Å². The van der Waals surface area contributed by atoms with Crippen molar-refractivity contribution in [3.05, 3.63) is 22.4 Å². The Morgan fingerprint density at radius 1 is 1.64 bits per heavy atom. The lowest BCUT2D eigenvalue weighted by atomic mass is 10.3. The number of pyridine rings is 1. The van der Waals surface area contributed by atoms with Gasteiger partial charge in [0.15, 0.2) is 6.29 Å². The van der Waals surface area contributed by atoms with Crippen LogP contribution in [0.5, 0.6) is 5.75 Å². The first-order valence-corrected chi connectivity index (χ1v) is 3.72. The molecule has 0 bridgehead atoms. The van der Waals surface area contributed by atoms with Gasteiger partial charge in [-0.3, -0.25) is 4.79 Å². The number of methoxy groups -OCH3 is 1. The molecule has 0 amide bonds. The topological polar surface area (TPSA) is 39.2 Å². The molecule has 0 aromatic carbocycles. The van der Waals surface area contributed by atoms with Crippen molar-refractivity contribution in [1.82, 2.24) is 4.98 Å². The predicted octanol–water partition coefficient (Wildman–Crippen LogP) is 1.67. The largest absolute Gasteiger partial charge is 0.497 e. The van der Waals surface area contributed by atoms with E-state index in [4.69, 9.17) is 4.74 Å². The molecule has 11 heavy (non-hydrogen) atoms. The molecule has 0 spiro atoms. The van der Waals surface area contributed by atoms with Crippen LogP contribution in [-0.2, 0) is 0 Å². The minimum absolute atomic E-state index is 0.358. The van der Waals surface area contributed by atoms with Gasteiger partial charge in [0, 0.05) is 12.1 Å². The highest BCUT2D eigenvalue weighted by Crippen LogP contribution is 2.16. The van der Waals surface area contributed by atoms with Gasteiger partial charge in [-0.05, 0) is 15.9 Å². The zero-order valence-electron chi connectivity index (χ0n) is 5.87. The van der Waals surface area contributed by atoms with Gasteiger partial charge in [0.1, 0.15) is 16.0 Å². The average Bonchev–Trinajstić information content (AvgIpc) is 2.03. The molecular weight excluding hydrogens is 210 g/mol. The summed E-state index contributed by atoms with van der Waals surface area (Å²) >= 11 is 3.14. The van der Waals surface area contributed by atoms with Crippen LogP contribution < -0.4 is 4.74 Å². The van der Waals surface area contributed by atoms with Gasteiger partial charge in [0.05, 0.1) is 7.11 Å². The van der Waals surface area contributed by atoms with E-state index in [2.05, 4.69) is 20.9 Å². The number of rotatable bonds is 2. The maximum absolute atomic E-state index is 10.3. The van der Waals surface area contributed by atoms with Gasteiger partial charge >= 0.3 is 0 Å². The minimum Gasteiger partial charge on any atom is -0.497 e. The molecule has 0 N–H and O–H groups in total. The Kier molecular flexibility index (Phi) is 2.59. The van der Waals surface area contributed by atoms with Crippen LogP contribution in [0.3, 0.4) is 0 Å². The van der Waals surface area contributed by atoms with Crippen molar-refractivity contribution in [1.29, 1.82) is 0 Å². The highest BCUT2D eigenvalue weighted by molar-refractivity contribution is 9.10. The molecule has 1 aromatic heterocycles. The van der Waals surface area contributed by atoms with Crippen molar-refractivity contribution in [3.63, 3.8) is 0 Å². The Hall–Kier alpha value is -0.900. The molecule has 0 aliphatic heterocycles. The second-order valence-electron chi connectivity index (χ2n) is 1.87. The third kappa shape index (κ3) is 2.01. The van der Waals surface area contributed by atoms with Gasteiger partial charge < -0.3 is 4.74 Å². The number of carbonyl (C=O) groups is 1. The molecular formula is C7H6BrNO2. The SMILES string of the molecule is COc1cc(Br)nc(C=O)c1. The van der Waals surface area contributed by atoms with Gasteiger partial charge in [-0.25, -0.2) is 4.98 Å². The fourth-order valence-electron chi connectivity index (χ4n) is 0.671. The van der Waals surface area contributed by atoms with Gasteiger partial charge in [-0.1, -0.05) is 0 Å². The van der Waals surface area contributed by atoms with Gasteiger partial charge in [-0.2, -0.15) is 0 Å². The van der Waals surface area contributed by atoms with Crippen LogP contribution in [0.25, 0.3) is 0 Å². The normalized spacial score (nSPS) is 9.27. The van der Waals surface area contributed by atoms with Crippen molar-refractivity contribution in [2.75, 3.05) is 7.11 Å². The van der Waals surface area contributed by atoms with E-state index in [1.165, 1.54) is 7.11 Å². The lowest BCUT2D eigenvalue weighted by Crippen LogP contribution is -1.90.